The average Bonchev–Trinajstić information content (AvgIpc) is 2.80. The highest BCUT2D eigenvalue weighted by molar-refractivity contribution is 5.92. The van der Waals surface area contributed by atoms with Crippen LogP contribution in [-0.4, -0.2) is 25.7 Å². The molecular weight excluding hydrogens is 270 g/mol. The minimum Gasteiger partial charge on any atom is -0.354 e. The van der Waals surface area contributed by atoms with E-state index >= 15 is 0 Å². The van der Waals surface area contributed by atoms with Gasteiger partial charge in [-0.2, -0.15) is 5.10 Å². The highest BCUT2D eigenvalue weighted by atomic mass is 16.2. The van der Waals surface area contributed by atoms with E-state index < -0.39 is 0 Å². The zero-order valence-corrected chi connectivity index (χ0v) is 12.5. The second-order valence-corrected chi connectivity index (χ2v) is 5.35. The molecule has 2 aromatic rings. The number of pyridine rings is 1. The minimum atomic E-state index is -0.336. The van der Waals surface area contributed by atoms with Crippen molar-refractivity contribution in [3.05, 3.63) is 45.9 Å². The van der Waals surface area contributed by atoms with Gasteiger partial charge in [0, 0.05) is 24.9 Å². The Morgan fingerprint density at radius 2 is 2.10 bits per heavy atom. The van der Waals surface area contributed by atoms with Gasteiger partial charge >= 0.3 is 0 Å². The molecule has 2 rings (SSSR count). The summed E-state index contributed by atoms with van der Waals surface area (Å²) in [6.45, 7) is 5.71. The molecule has 7 heteroatoms. The quantitative estimate of drug-likeness (QED) is 0.876. The number of hydrogen-bond acceptors (Lipinski definition) is 4. The van der Waals surface area contributed by atoms with Crippen LogP contribution in [0.3, 0.4) is 0 Å². The van der Waals surface area contributed by atoms with E-state index in [2.05, 4.69) is 20.4 Å². The van der Waals surface area contributed by atoms with E-state index in [0.29, 0.717) is 11.5 Å². The van der Waals surface area contributed by atoms with Gasteiger partial charge < -0.3 is 10.3 Å². The Bertz CT molecular complexity index is 701. The highest BCUT2D eigenvalue weighted by Crippen LogP contribution is 2.19. The van der Waals surface area contributed by atoms with Crippen molar-refractivity contribution in [3.8, 4) is 0 Å². The van der Waals surface area contributed by atoms with Crippen LogP contribution in [0, 0.1) is 12.8 Å². The van der Waals surface area contributed by atoms with Gasteiger partial charge in [-0.1, -0.05) is 13.8 Å². The van der Waals surface area contributed by atoms with Crippen LogP contribution in [0.1, 0.15) is 41.9 Å². The third kappa shape index (κ3) is 3.36. The topological polar surface area (TPSA) is 92.7 Å². The van der Waals surface area contributed by atoms with Crippen LogP contribution in [0.25, 0.3) is 0 Å². The molecule has 1 amide bonds. The van der Waals surface area contributed by atoms with Crippen molar-refractivity contribution in [2.24, 2.45) is 13.0 Å². The molecule has 2 aromatic heterocycles. The van der Waals surface area contributed by atoms with Crippen molar-refractivity contribution < 1.29 is 4.79 Å². The molecule has 2 heterocycles. The second kappa shape index (κ2) is 5.90. The standard InChI is InChI=1S/C14H19N5O2/c1-8(2)12(13-15-7-16-19(13)4)18-14(21)11-6-10(20)5-9(3)17-11/h5-8,12H,1-4H3,(H,17,20)(H,18,21)/t12-/m0/s1. The molecular formula is C14H19N5O2. The number of nitrogens with one attached hydrogen (secondary N) is 2. The lowest BCUT2D eigenvalue weighted by molar-refractivity contribution is 0.0916. The predicted molar refractivity (Wildman–Crippen MR) is 77.8 cm³/mol. The summed E-state index contributed by atoms with van der Waals surface area (Å²) in [6, 6.07) is 2.45. The fraction of sp³-hybridized carbons (Fsp3) is 0.429. The maximum atomic E-state index is 12.3. The SMILES string of the molecule is Cc1cc(=O)cc(C(=O)N[C@H](c2ncnn2C)C(C)C)[nH]1. The predicted octanol–water partition coefficient (Wildman–Crippen LogP) is 0.939. The Balaban J connectivity index is 2.27. The van der Waals surface area contributed by atoms with Gasteiger partial charge in [0.25, 0.3) is 5.91 Å². The Kier molecular flexibility index (Phi) is 4.21. The first kappa shape index (κ1) is 15.0. The number of H-pyrrole nitrogens is 1. The van der Waals surface area contributed by atoms with Gasteiger partial charge in [-0.3, -0.25) is 14.3 Å². The smallest absolute Gasteiger partial charge is 0.268 e. The summed E-state index contributed by atoms with van der Waals surface area (Å²) < 4.78 is 1.63. The van der Waals surface area contributed by atoms with Crippen molar-refractivity contribution in [3.63, 3.8) is 0 Å². The van der Waals surface area contributed by atoms with Gasteiger partial charge in [0.2, 0.25) is 0 Å². The summed E-state index contributed by atoms with van der Waals surface area (Å²) in [5.74, 6) is 0.472. The molecule has 0 fully saturated rings. The number of aromatic amines is 1. The third-order valence-corrected chi connectivity index (χ3v) is 3.20. The van der Waals surface area contributed by atoms with Gasteiger partial charge in [-0.25, -0.2) is 4.98 Å². The molecule has 0 aliphatic heterocycles. The summed E-state index contributed by atoms with van der Waals surface area (Å²) in [5.41, 5.74) is 0.691. The zero-order valence-electron chi connectivity index (χ0n) is 12.5. The van der Waals surface area contributed by atoms with E-state index in [0.717, 1.165) is 0 Å². The van der Waals surface area contributed by atoms with Crippen LogP contribution < -0.4 is 10.7 Å². The molecule has 0 aromatic carbocycles. The maximum Gasteiger partial charge on any atom is 0.268 e. The molecule has 21 heavy (non-hydrogen) atoms. The number of carbonyl (C=O) groups excluding carboxylic acids is 1. The fourth-order valence-corrected chi connectivity index (χ4v) is 2.14. The van der Waals surface area contributed by atoms with Gasteiger partial charge in [0.1, 0.15) is 17.8 Å². The van der Waals surface area contributed by atoms with Crippen LogP contribution >= 0.6 is 0 Å². The number of aromatic nitrogens is 4. The lowest BCUT2D eigenvalue weighted by Gasteiger charge is -2.21. The number of hydrogen-bond donors (Lipinski definition) is 2. The summed E-state index contributed by atoms with van der Waals surface area (Å²) in [7, 11) is 1.78. The average molecular weight is 289 g/mol. The summed E-state index contributed by atoms with van der Waals surface area (Å²) >= 11 is 0. The summed E-state index contributed by atoms with van der Waals surface area (Å²) in [5, 5.41) is 6.92. The van der Waals surface area contributed by atoms with Crippen LogP contribution in [0.2, 0.25) is 0 Å². The number of aryl methyl sites for hydroxylation is 2. The van der Waals surface area contributed by atoms with Crippen LogP contribution in [0.5, 0.6) is 0 Å². The molecule has 0 aliphatic carbocycles. The second-order valence-electron chi connectivity index (χ2n) is 5.35. The van der Waals surface area contributed by atoms with Crippen molar-refractivity contribution >= 4 is 5.91 Å². The van der Waals surface area contributed by atoms with Crippen molar-refractivity contribution in [2.75, 3.05) is 0 Å². The summed E-state index contributed by atoms with van der Waals surface area (Å²) in [4.78, 5) is 30.9. The van der Waals surface area contributed by atoms with E-state index in [4.69, 9.17) is 0 Å². The van der Waals surface area contributed by atoms with E-state index in [1.165, 1.54) is 18.5 Å². The molecule has 0 radical (unpaired) electrons. The van der Waals surface area contributed by atoms with E-state index in [9.17, 15) is 9.59 Å². The number of nitrogens with zero attached hydrogens (tertiary/aromatic N) is 3. The first-order valence-corrected chi connectivity index (χ1v) is 6.74. The summed E-state index contributed by atoms with van der Waals surface area (Å²) in [6.07, 6.45) is 1.45. The lowest BCUT2D eigenvalue weighted by Crippen LogP contribution is -2.34. The van der Waals surface area contributed by atoms with Gasteiger partial charge in [-0.15, -0.1) is 0 Å². The fourth-order valence-electron chi connectivity index (χ4n) is 2.14. The lowest BCUT2D eigenvalue weighted by atomic mass is 10.0. The third-order valence-electron chi connectivity index (χ3n) is 3.20. The van der Waals surface area contributed by atoms with Crippen molar-refractivity contribution in [1.29, 1.82) is 0 Å². The van der Waals surface area contributed by atoms with Gasteiger partial charge in [0.15, 0.2) is 5.43 Å². The van der Waals surface area contributed by atoms with Crippen molar-refractivity contribution in [2.45, 2.75) is 26.8 Å². The monoisotopic (exact) mass is 289 g/mol. The normalized spacial score (nSPS) is 12.4. The number of amides is 1. The largest absolute Gasteiger partial charge is 0.354 e. The van der Waals surface area contributed by atoms with Gasteiger partial charge in [0.05, 0.1) is 6.04 Å². The van der Waals surface area contributed by atoms with E-state index in [1.54, 1.807) is 18.7 Å². The molecule has 0 unspecified atom stereocenters. The molecule has 7 nitrogen and oxygen atoms in total. The molecule has 112 valence electrons. The number of carbonyl (C=O) groups is 1. The molecule has 1 atom stereocenters. The molecule has 2 N–H and O–H groups in total. The van der Waals surface area contributed by atoms with Crippen LogP contribution in [-0.2, 0) is 7.05 Å². The molecule has 0 spiro atoms. The van der Waals surface area contributed by atoms with Crippen LogP contribution in [0.4, 0.5) is 0 Å². The molecule has 0 aliphatic rings. The first-order chi connectivity index (χ1) is 9.88. The molecule has 0 bridgehead atoms. The van der Waals surface area contributed by atoms with Crippen LogP contribution in [0.15, 0.2) is 23.3 Å². The Labute approximate surface area is 122 Å². The Hall–Kier alpha value is -2.44. The van der Waals surface area contributed by atoms with E-state index in [1.807, 2.05) is 13.8 Å². The van der Waals surface area contributed by atoms with E-state index in [-0.39, 0.29) is 29.0 Å². The highest BCUT2D eigenvalue weighted by Gasteiger charge is 2.23. The first-order valence-electron chi connectivity index (χ1n) is 6.74. The Morgan fingerprint density at radius 1 is 1.38 bits per heavy atom. The Morgan fingerprint density at radius 3 is 2.62 bits per heavy atom. The maximum absolute atomic E-state index is 12.3. The zero-order chi connectivity index (χ0) is 15.6. The number of rotatable bonds is 4. The molecule has 0 saturated carbocycles. The van der Waals surface area contributed by atoms with Gasteiger partial charge in [-0.05, 0) is 12.8 Å². The van der Waals surface area contributed by atoms with Crippen molar-refractivity contribution in [1.82, 2.24) is 25.1 Å². The molecule has 0 saturated heterocycles. The minimum absolute atomic E-state index is 0.133.